The number of ether oxygens (including phenoxy) is 3. The number of hydrogen-bond acceptors (Lipinski definition) is 10. The number of nitrogens with one attached hydrogen (secondary N) is 1. The topological polar surface area (TPSA) is 185 Å². The molecule has 4 aliphatic rings. The number of hydrogen-bond donors (Lipinski definition) is 3. The minimum absolute atomic E-state index is 0.0445. The molecule has 4 aliphatic heterocycles. The van der Waals surface area contributed by atoms with Crippen molar-refractivity contribution in [2.24, 2.45) is 22.6 Å². The summed E-state index contributed by atoms with van der Waals surface area (Å²) >= 11 is 6.14. The zero-order chi connectivity index (χ0) is 44.9. The van der Waals surface area contributed by atoms with Crippen LogP contribution in [-0.2, 0) is 36.4 Å². The summed E-state index contributed by atoms with van der Waals surface area (Å²) in [5.41, 5.74) is 10.5. The van der Waals surface area contributed by atoms with E-state index in [0.29, 0.717) is 62.9 Å². The van der Waals surface area contributed by atoms with Crippen molar-refractivity contribution in [2.45, 2.75) is 76.1 Å². The van der Waals surface area contributed by atoms with E-state index in [0.717, 1.165) is 84.1 Å². The van der Waals surface area contributed by atoms with Gasteiger partial charge in [0.25, 0.3) is 5.91 Å². The molecule has 0 bridgehead atoms. The number of nitrogens with zero attached hydrogens (tertiary/aromatic N) is 5. The molecule has 0 spiro atoms. The van der Waals surface area contributed by atoms with Gasteiger partial charge in [0.2, 0.25) is 0 Å². The van der Waals surface area contributed by atoms with E-state index in [2.05, 4.69) is 20.1 Å². The van der Waals surface area contributed by atoms with E-state index in [4.69, 9.17) is 37.3 Å². The third-order valence-electron chi connectivity index (χ3n) is 12.6. The van der Waals surface area contributed by atoms with Crippen molar-refractivity contribution in [1.82, 2.24) is 24.9 Å². The van der Waals surface area contributed by atoms with Crippen LogP contribution in [0, 0.1) is 11.8 Å². The van der Waals surface area contributed by atoms with Crippen LogP contribution in [0.5, 0.6) is 0 Å². The Morgan fingerprint density at radius 2 is 1.48 bits per heavy atom. The molecule has 0 saturated carbocycles. The van der Waals surface area contributed by atoms with E-state index < -0.39 is 41.6 Å². The quantitative estimate of drug-likeness (QED) is 0.0747. The van der Waals surface area contributed by atoms with Gasteiger partial charge < -0.3 is 45.7 Å². The first-order valence-corrected chi connectivity index (χ1v) is 22.4. The highest BCUT2D eigenvalue weighted by molar-refractivity contribution is 6.33. The summed E-state index contributed by atoms with van der Waals surface area (Å²) in [6, 6.07) is 10.0. The zero-order valence-corrected chi connectivity index (χ0v) is 36.4. The molecule has 15 nitrogen and oxygen atoms in total. The summed E-state index contributed by atoms with van der Waals surface area (Å²) in [7, 11) is 0. The van der Waals surface area contributed by atoms with Crippen LogP contribution in [0.3, 0.4) is 0 Å². The lowest BCUT2D eigenvalue weighted by molar-refractivity contribution is -0.144. The Bertz CT molecular complexity index is 1880. The van der Waals surface area contributed by atoms with Gasteiger partial charge in [0.1, 0.15) is 5.84 Å². The standard InChI is InChI=1S/C44H60ClF3N8O7/c45-36-28-30(27-35(39(36)49)44(46,47)48)29-37(63-43(60)56-20-11-34(12-21-56)51-42(59)52-40(50)33-5-2-1-3-6-33)41(58)55-18-9-32(10-19-55)31-7-15-54(16-8-31)17-13-38(57)62-24-4-14-53-22-25-61-26-23-53/h1-3,5-6,27-28,31-32,34,37H,4,7-26,29,49H2,(H3,50,51,52,59)/t37-/m1/s1. The van der Waals surface area contributed by atoms with E-state index in [1.165, 1.54) is 11.0 Å². The van der Waals surface area contributed by atoms with Crippen molar-refractivity contribution in [3.05, 3.63) is 64.2 Å². The largest absolute Gasteiger partial charge is 0.466 e. The molecule has 63 heavy (non-hydrogen) atoms. The van der Waals surface area contributed by atoms with Gasteiger partial charge in [0.05, 0.1) is 42.5 Å². The van der Waals surface area contributed by atoms with E-state index >= 15 is 0 Å². The molecule has 0 aromatic heterocycles. The summed E-state index contributed by atoms with van der Waals surface area (Å²) < 4.78 is 58.4. The summed E-state index contributed by atoms with van der Waals surface area (Å²) in [6.45, 7) is 8.23. The molecule has 4 heterocycles. The van der Waals surface area contributed by atoms with Crippen LogP contribution in [0.25, 0.3) is 0 Å². The van der Waals surface area contributed by atoms with E-state index in [-0.39, 0.29) is 47.9 Å². The van der Waals surface area contributed by atoms with Gasteiger partial charge in [0.15, 0.2) is 6.10 Å². The lowest BCUT2D eigenvalue weighted by atomic mass is 9.78. The van der Waals surface area contributed by atoms with Crippen molar-refractivity contribution in [1.29, 1.82) is 0 Å². The SMILES string of the molecule is NC(=NC(=O)NC1CCN(C(=O)O[C@H](Cc2cc(Cl)c(N)c(C(F)(F)F)c2)C(=O)N2CCC(C3CCN(CCC(=O)OCCCN4CCOCC4)CC3)CC2)CC1)c1ccccc1. The highest BCUT2D eigenvalue weighted by Crippen LogP contribution is 2.38. The fourth-order valence-electron chi connectivity index (χ4n) is 8.88. The van der Waals surface area contributed by atoms with Crippen LogP contribution in [0.15, 0.2) is 47.5 Å². The molecular formula is C44H60ClF3N8O7. The number of carbonyl (C=O) groups excluding carboxylic acids is 4. The maximum atomic E-state index is 14.2. The molecule has 4 saturated heterocycles. The molecule has 2 aromatic carbocycles. The van der Waals surface area contributed by atoms with Crippen molar-refractivity contribution < 1.29 is 46.6 Å². The third kappa shape index (κ3) is 14.2. The number of nitrogens with two attached hydrogens (primary N) is 2. The molecular weight excluding hydrogens is 845 g/mol. The number of amidine groups is 1. The lowest BCUT2D eigenvalue weighted by Crippen LogP contribution is -2.50. The first kappa shape index (κ1) is 47.8. The first-order valence-electron chi connectivity index (χ1n) is 22.0. The van der Waals surface area contributed by atoms with Crippen molar-refractivity contribution >= 4 is 47.1 Å². The van der Waals surface area contributed by atoms with Gasteiger partial charge in [-0.15, -0.1) is 0 Å². The minimum atomic E-state index is -4.80. The van der Waals surface area contributed by atoms with Gasteiger partial charge in [-0.2, -0.15) is 18.2 Å². The van der Waals surface area contributed by atoms with Gasteiger partial charge >= 0.3 is 24.3 Å². The Morgan fingerprint density at radius 1 is 0.857 bits per heavy atom. The number of alkyl halides is 3. The van der Waals surface area contributed by atoms with Crippen LogP contribution in [0.2, 0.25) is 5.02 Å². The number of aliphatic imine (C=N–C) groups is 1. The average molecular weight is 905 g/mol. The molecule has 2 aromatic rings. The molecule has 0 radical (unpaired) electrons. The normalized spacial score (nSPS) is 19.7. The van der Waals surface area contributed by atoms with Gasteiger partial charge in [0, 0.05) is 70.4 Å². The molecule has 1 atom stereocenters. The van der Waals surface area contributed by atoms with Crippen molar-refractivity contribution in [3.63, 3.8) is 0 Å². The number of rotatable bonds is 14. The summed E-state index contributed by atoms with van der Waals surface area (Å²) in [5, 5.41) is 2.49. The number of nitrogen functional groups attached to an aromatic ring is 1. The van der Waals surface area contributed by atoms with E-state index in [1.807, 2.05) is 6.07 Å². The number of amides is 4. The monoisotopic (exact) mass is 904 g/mol. The van der Waals surface area contributed by atoms with Crippen molar-refractivity contribution in [3.8, 4) is 0 Å². The second-order valence-electron chi connectivity index (χ2n) is 16.8. The van der Waals surface area contributed by atoms with Crippen LogP contribution in [0.1, 0.15) is 68.1 Å². The number of piperidine rings is 3. The maximum absolute atomic E-state index is 14.2. The number of anilines is 1. The minimum Gasteiger partial charge on any atom is -0.466 e. The average Bonchev–Trinajstić information content (AvgIpc) is 3.28. The predicted octanol–water partition coefficient (Wildman–Crippen LogP) is 5.17. The molecule has 6 rings (SSSR count). The van der Waals surface area contributed by atoms with Crippen LogP contribution in [0.4, 0.5) is 28.4 Å². The summed E-state index contributed by atoms with van der Waals surface area (Å²) in [5.74, 6) is 0.224. The number of morpholine rings is 1. The summed E-state index contributed by atoms with van der Waals surface area (Å²) in [6.07, 6.45) is -2.04. The van der Waals surface area contributed by atoms with Crippen LogP contribution >= 0.6 is 11.6 Å². The highest BCUT2D eigenvalue weighted by atomic mass is 35.5. The fraction of sp³-hybridized carbons (Fsp3) is 0.614. The van der Waals surface area contributed by atoms with Crippen LogP contribution in [-0.4, -0.2) is 147 Å². The van der Waals surface area contributed by atoms with Gasteiger partial charge in [-0.25, -0.2) is 9.59 Å². The smallest absolute Gasteiger partial charge is 0.418 e. The Balaban J connectivity index is 0.983. The van der Waals surface area contributed by atoms with Gasteiger partial charge in [-0.3, -0.25) is 14.5 Å². The maximum Gasteiger partial charge on any atom is 0.418 e. The summed E-state index contributed by atoms with van der Waals surface area (Å²) in [4.78, 5) is 64.3. The molecule has 4 fully saturated rings. The molecule has 4 amide bonds. The number of halogens is 4. The number of benzene rings is 2. The number of urea groups is 1. The molecule has 0 unspecified atom stereocenters. The Hall–Kier alpha value is -4.65. The highest BCUT2D eigenvalue weighted by Gasteiger charge is 2.38. The fourth-order valence-corrected chi connectivity index (χ4v) is 9.12. The van der Waals surface area contributed by atoms with E-state index in [1.54, 1.807) is 29.2 Å². The van der Waals surface area contributed by atoms with E-state index in [9.17, 15) is 32.3 Å². The number of likely N-dealkylation sites (tertiary alicyclic amines) is 3. The molecule has 5 N–H and O–H groups in total. The molecule has 346 valence electrons. The number of esters is 1. The Labute approximate surface area is 371 Å². The zero-order valence-electron chi connectivity index (χ0n) is 35.7. The number of carbonyl (C=O) groups is 4. The Morgan fingerprint density at radius 3 is 2.13 bits per heavy atom. The first-order chi connectivity index (χ1) is 30.2. The van der Waals surface area contributed by atoms with Crippen LogP contribution < -0.4 is 16.8 Å². The second-order valence-corrected chi connectivity index (χ2v) is 17.2. The van der Waals surface area contributed by atoms with Gasteiger partial charge in [-0.05, 0) is 87.6 Å². The predicted molar refractivity (Wildman–Crippen MR) is 231 cm³/mol. The second kappa shape index (κ2) is 22.8. The lowest BCUT2D eigenvalue weighted by Gasteiger charge is -2.41. The van der Waals surface area contributed by atoms with Gasteiger partial charge in [-0.1, -0.05) is 41.9 Å². The molecule has 0 aliphatic carbocycles. The molecule has 19 heteroatoms. The van der Waals surface area contributed by atoms with Crippen molar-refractivity contribution in [2.75, 3.05) is 91.0 Å². The Kier molecular flexibility index (Phi) is 17.3. The third-order valence-corrected chi connectivity index (χ3v) is 12.9.